The molecule has 5 nitrogen and oxygen atoms in total. The summed E-state index contributed by atoms with van der Waals surface area (Å²) in [5.74, 6) is 0. The first kappa shape index (κ1) is 14.6. The van der Waals surface area contributed by atoms with Crippen LogP contribution in [0.2, 0.25) is 0 Å². The first-order chi connectivity index (χ1) is 8.85. The Morgan fingerprint density at radius 2 is 1.95 bits per heavy atom. The maximum absolute atomic E-state index is 12.2. The van der Waals surface area contributed by atoms with E-state index in [0.29, 0.717) is 13.0 Å². The van der Waals surface area contributed by atoms with Gasteiger partial charge in [0.1, 0.15) is 5.60 Å². The van der Waals surface area contributed by atoms with E-state index in [1.807, 2.05) is 20.8 Å². The zero-order valence-electron chi connectivity index (χ0n) is 12.3. The van der Waals surface area contributed by atoms with E-state index in [0.717, 1.165) is 19.6 Å². The Morgan fingerprint density at radius 1 is 1.32 bits per heavy atom. The Balaban J connectivity index is 1.94. The first-order valence-corrected chi connectivity index (χ1v) is 7.25. The minimum Gasteiger partial charge on any atom is -0.444 e. The van der Waals surface area contributed by atoms with Crippen LogP contribution in [0, 0.1) is 0 Å². The van der Waals surface area contributed by atoms with E-state index in [4.69, 9.17) is 4.74 Å². The molecule has 0 bridgehead atoms. The molecular weight excluding hydrogens is 244 g/mol. The van der Waals surface area contributed by atoms with Gasteiger partial charge in [-0.1, -0.05) is 0 Å². The third-order valence-electron chi connectivity index (χ3n) is 3.69. The van der Waals surface area contributed by atoms with Gasteiger partial charge in [-0.25, -0.2) is 4.79 Å². The Morgan fingerprint density at radius 3 is 2.53 bits per heavy atom. The Bertz CT molecular complexity index is 321. The van der Waals surface area contributed by atoms with Crippen molar-refractivity contribution in [1.29, 1.82) is 0 Å². The molecule has 110 valence electrons. The lowest BCUT2D eigenvalue weighted by molar-refractivity contribution is 0.0187. The third kappa shape index (κ3) is 4.08. The zero-order chi connectivity index (χ0) is 14.0. The Kier molecular flexibility index (Phi) is 4.36. The number of β-amino-alcohol motifs (C(OH)–C–C–N with tert-alkyl or cyclic N) is 1. The SMILES string of the molecule is CC(C)(C)OC(=O)N1C[C@H](O)C[C@H]1CN1CCCC1. The van der Waals surface area contributed by atoms with Gasteiger partial charge >= 0.3 is 6.09 Å². The molecule has 0 saturated carbocycles. The summed E-state index contributed by atoms with van der Waals surface area (Å²) in [5, 5.41) is 9.82. The summed E-state index contributed by atoms with van der Waals surface area (Å²) in [6.07, 6.45) is 2.42. The third-order valence-corrected chi connectivity index (χ3v) is 3.69. The summed E-state index contributed by atoms with van der Waals surface area (Å²) < 4.78 is 5.42. The van der Waals surface area contributed by atoms with Crippen molar-refractivity contribution in [3.63, 3.8) is 0 Å². The highest BCUT2D eigenvalue weighted by atomic mass is 16.6. The van der Waals surface area contributed by atoms with E-state index in [1.165, 1.54) is 12.8 Å². The number of nitrogens with zero attached hydrogens (tertiary/aromatic N) is 2. The number of amides is 1. The van der Waals surface area contributed by atoms with Gasteiger partial charge in [0.25, 0.3) is 0 Å². The lowest BCUT2D eigenvalue weighted by atomic mass is 10.2. The van der Waals surface area contributed by atoms with Gasteiger partial charge in [0.2, 0.25) is 0 Å². The van der Waals surface area contributed by atoms with Crippen LogP contribution in [-0.2, 0) is 4.74 Å². The largest absolute Gasteiger partial charge is 0.444 e. The fourth-order valence-corrected chi connectivity index (χ4v) is 2.87. The minimum atomic E-state index is -0.483. The van der Waals surface area contributed by atoms with Crippen molar-refractivity contribution >= 4 is 6.09 Å². The highest BCUT2D eigenvalue weighted by Crippen LogP contribution is 2.23. The van der Waals surface area contributed by atoms with Crippen LogP contribution in [0.1, 0.15) is 40.0 Å². The first-order valence-electron chi connectivity index (χ1n) is 7.25. The van der Waals surface area contributed by atoms with Gasteiger partial charge in [-0.05, 0) is 53.1 Å². The molecule has 1 N–H and O–H groups in total. The van der Waals surface area contributed by atoms with E-state index < -0.39 is 11.7 Å². The number of likely N-dealkylation sites (tertiary alicyclic amines) is 2. The molecule has 0 radical (unpaired) electrons. The van der Waals surface area contributed by atoms with Crippen molar-refractivity contribution in [3.05, 3.63) is 0 Å². The van der Waals surface area contributed by atoms with E-state index in [2.05, 4.69) is 4.90 Å². The summed E-state index contributed by atoms with van der Waals surface area (Å²) in [7, 11) is 0. The molecule has 0 aliphatic carbocycles. The normalized spacial score (nSPS) is 28.9. The number of hydrogen-bond acceptors (Lipinski definition) is 4. The number of aliphatic hydroxyl groups is 1. The summed E-state index contributed by atoms with van der Waals surface area (Å²) >= 11 is 0. The van der Waals surface area contributed by atoms with Crippen molar-refractivity contribution in [2.24, 2.45) is 0 Å². The van der Waals surface area contributed by atoms with Crippen molar-refractivity contribution in [2.45, 2.75) is 57.8 Å². The van der Waals surface area contributed by atoms with Gasteiger partial charge in [-0.15, -0.1) is 0 Å². The maximum atomic E-state index is 12.2. The van der Waals surface area contributed by atoms with Crippen molar-refractivity contribution < 1.29 is 14.6 Å². The van der Waals surface area contributed by atoms with Crippen LogP contribution in [0.25, 0.3) is 0 Å². The topological polar surface area (TPSA) is 53.0 Å². The number of aliphatic hydroxyl groups excluding tert-OH is 1. The average Bonchev–Trinajstić information content (AvgIpc) is 2.86. The summed E-state index contributed by atoms with van der Waals surface area (Å²) in [4.78, 5) is 16.2. The second-order valence-electron chi connectivity index (χ2n) is 6.68. The second-order valence-corrected chi connectivity index (χ2v) is 6.68. The van der Waals surface area contributed by atoms with Gasteiger partial charge in [0, 0.05) is 6.54 Å². The van der Waals surface area contributed by atoms with Gasteiger partial charge in [-0.2, -0.15) is 0 Å². The van der Waals surface area contributed by atoms with Crippen LogP contribution < -0.4 is 0 Å². The highest BCUT2D eigenvalue weighted by molar-refractivity contribution is 5.69. The number of carbonyl (C=O) groups is 1. The minimum absolute atomic E-state index is 0.0861. The monoisotopic (exact) mass is 270 g/mol. The molecule has 5 heteroatoms. The fraction of sp³-hybridized carbons (Fsp3) is 0.929. The van der Waals surface area contributed by atoms with Crippen LogP contribution in [0.4, 0.5) is 4.79 Å². The molecule has 0 aromatic heterocycles. The van der Waals surface area contributed by atoms with Gasteiger partial charge in [-0.3, -0.25) is 0 Å². The molecule has 19 heavy (non-hydrogen) atoms. The van der Waals surface area contributed by atoms with E-state index in [1.54, 1.807) is 4.90 Å². The fourth-order valence-electron chi connectivity index (χ4n) is 2.87. The smallest absolute Gasteiger partial charge is 0.410 e. The van der Waals surface area contributed by atoms with Crippen molar-refractivity contribution in [2.75, 3.05) is 26.2 Å². The van der Waals surface area contributed by atoms with Crippen LogP contribution in [0.5, 0.6) is 0 Å². The second kappa shape index (κ2) is 5.67. The molecule has 0 aromatic rings. The van der Waals surface area contributed by atoms with Gasteiger partial charge in [0.15, 0.2) is 0 Å². The van der Waals surface area contributed by atoms with Crippen molar-refractivity contribution in [1.82, 2.24) is 9.80 Å². The van der Waals surface area contributed by atoms with Crippen LogP contribution in [-0.4, -0.2) is 64.9 Å². The lowest BCUT2D eigenvalue weighted by Crippen LogP contribution is -2.44. The molecule has 2 saturated heterocycles. The number of carbonyl (C=O) groups excluding carboxylic acids is 1. The average molecular weight is 270 g/mol. The molecule has 2 aliphatic rings. The predicted octanol–water partition coefficient (Wildman–Crippen LogP) is 1.45. The predicted molar refractivity (Wildman–Crippen MR) is 73.0 cm³/mol. The van der Waals surface area contributed by atoms with E-state index in [-0.39, 0.29) is 12.1 Å². The molecule has 0 aromatic carbocycles. The van der Waals surface area contributed by atoms with E-state index >= 15 is 0 Å². The van der Waals surface area contributed by atoms with Gasteiger partial charge in [0.05, 0.1) is 18.7 Å². The molecule has 2 atom stereocenters. The number of hydrogen-bond donors (Lipinski definition) is 1. The Hall–Kier alpha value is -0.810. The molecule has 2 fully saturated rings. The van der Waals surface area contributed by atoms with Crippen LogP contribution in [0.3, 0.4) is 0 Å². The molecule has 2 aliphatic heterocycles. The van der Waals surface area contributed by atoms with Crippen LogP contribution in [0.15, 0.2) is 0 Å². The van der Waals surface area contributed by atoms with Crippen molar-refractivity contribution in [3.8, 4) is 0 Å². The number of rotatable bonds is 2. The van der Waals surface area contributed by atoms with Crippen LogP contribution >= 0.6 is 0 Å². The molecule has 2 rings (SSSR count). The zero-order valence-corrected chi connectivity index (χ0v) is 12.3. The highest BCUT2D eigenvalue weighted by Gasteiger charge is 2.37. The summed E-state index contributed by atoms with van der Waals surface area (Å²) in [5.41, 5.74) is -0.483. The molecule has 0 spiro atoms. The lowest BCUT2D eigenvalue weighted by Gasteiger charge is -2.30. The summed E-state index contributed by atoms with van der Waals surface area (Å²) in [6.45, 7) is 9.07. The molecule has 2 heterocycles. The Labute approximate surface area is 115 Å². The number of ether oxygens (including phenoxy) is 1. The maximum Gasteiger partial charge on any atom is 0.410 e. The molecular formula is C14H26N2O3. The molecule has 0 unspecified atom stereocenters. The summed E-state index contributed by atoms with van der Waals surface area (Å²) in [6, 6.07) is 0.0861. The van der Waals surface area contributed by atoms with E-state index in [9.17, 15) is 9.90 Å². The quantitative estimate of drug-likeness (QED) is 0.825. The molecule has 1 amide bonds. The van der Waals surface area contributed by atoms with Gasteiger partial charge < -0.3 is 19.6 Å². The standard InChI is InChI=1S/C14H26N2O3/c1-14(2,3)19-13(18)16-10-12(17)8-11(16)9-15-6-4-5-7-15/h11-12,17H,4-10H2,1-3H3/t11-,12+/m0/s1.